The summed E-state index contributed by atoms with van der Waals surface area (Å²) in [4.78, 5) is 0. The van der Waals surface area contributed by atoms with E-state index >= 15 is 0 Å². The first kappa shape index (κ1) is 28.2. The highest BCUT2D eigenvalue weighted by molar-refractivity contribution is 6.26. The van der Waals surface area contributed by atoms with Crippen molar-refractivity contribution >= 4 is 43.1 Å². The zero-order chi connectivity index (χ0) is 31.4. The zero-order valence-electron chi connectivity index (χ0n) is 25.8. The molecule has 0 N–H and O–H groups in total. The molecule has 0 saturated carbocycles. The number of alkyl halides is 1. The van der Waals surface area contributed by atoms with E-state index in [1.54, 1.807) is 13.8 Å². The monoisotopic (exact) mass is 598 g/mol. The van der Waals surface area contributed by atoms with Gasteiger partial charge in [0.2, 0.25) is 0 Å². The van der Waals surface area contributed by atoms with Crippen LogP contribution >= 0.6 is 0 Å². The molecular weight excluding hydrogens is 566 g/mol. The molecule has 0 unspecified atom stereocenters. The summed E-state index contributed by atoms with van der Waals surface area (Å²) in [7, 11) is 0. The summed E-state index contributed by atoms with van der Waals surface area (Å²) in [5.74, 6) is -0.252. The van der Waals surface area contributed by atoms with Crippen molar-refractivity contribution in [2.75, 3.05) is 0 Å². The van der Waals surface area contributed by atoms with E-state index in [2.05, 4.69) is 109 Å². The highest BCUT2D eigenvalue weighted by atomic mass is 19.1. The molecule has 0 fully saturated rings. The standard InChI is InChI=1S/C44H32F2/c1-44(2,46)27-28-15-17-30(18-16-28)42-37-13-7-8-14-38(37)43(39-24-21-31(25-41(39)42)29-19-22-33(45)23-20-29)40-26-32-9-3-4-10-34(32)35-11-5-6-12-36(35)40/h3-26H,27H2,1-2H3. The normalized spacial score (nSPS) is 12.0. The van der Waals surface area contributed by atoms with Crippen LogP contribution in [0, 0.1) is 5.82 Å². The van der Waals surface area contributed by atoms with Gasteiger partial charge in [0.05, 0.1) is 0 Å². The number of hydrogen-bond acceptors (Lipinski definition) is 0. The van der Waals surface area contributed by atoms with E-state index in [1.165, 1.54) is 50.2 Å². The van der Waals surface area contributed by atoms with Gasteiger partial charge in [0.15, 0.2) is 0 Å². The van der Waals surface area contributed by atoms with Crippen LogP contribution in [-0.2, 0) is 6.42 Å². The maximum absolute atomic E-state index is 14.5. The molecule has 0 heterocycles. The minimum Gasteiger partial charge on any atom is -0.244 e. The Bertz CT molecular complexity index is 2410. The van der Waals surface area contributed by atoms with E-state index in [9.17, 15) is 8.78 Å². The summed E-state index contributed by atoms with van der Waals surface area (Å²) in [5.41, 5.74) is 6.26. The van der Waals surface area contributed by atoms with Crippen molar-refractivity contribution in [1.82, 2.24) is 0 Å². The molecule has 2 heteroatoms. The van der Waals surface area contributed by atoms with Crippen molar-refractivity contribution in [1.29, 1.82) is 0 Å². The van der Waals surface area contributed by atoms with Gasteiger partial charge in [-0.05, 0) is 120 Å². The summed E-state index contributed by atoms with van der Waals surface area (Å²) in [6, 6.07) is 49.9. The third kappa shape index (κ3) is 4.91. The van der Waals surface area contributed by atoms with Crippen LogP contribution in [0.2, 0.25) is 0 Å². The van der Waals surface area contributed by atoms with Gasteiger partial charge in [0.1, 0.15) is 11.5 Å². The Morgan fingerprint density at radius 3 is 1.70 bits per heavy atom. The lowest BCUT2D eigenvalue weighted by molar-refractivity contribution is 0.217. The molecular formula is C44H32F2. The van der Waals surface area contributed by atoms with Crippen molar-refractivity contribution in [3.63, 3.8) is 0 Å². The second-order valence-electron chi connectivity index (χ2n) is 12.8. The summed E-state index contributed by atoms with van der Waals surface area (Å²) in [5, 5.41) is 9.47. The van der Waals surface area contributed by atoms with Gasteiger partial charge in [-0.25, -0.2) is 8.78 Å². The molecule has 0 spiro atoms. The molecule has 0 saturated heterocycles. The van der Waals surface area contributed by atoms with Crippen LogP contribution in [0.3, 0.4) is 0 Å². The predicted octanol–water partition coefficient (Wildman–Crippen LogP) is 12.7. The van der Waals surface area contributed by atoms with Crippen molar-refractivity contribution < 1.29 is 8.78 Å². The minimum absolute atomic E-state index is 0.252. The lowest BCUT2D eigenvalue weighted by Gasteiger charge is -2.21. The number of hydrogen-bond donors (Lipinski definition) is 0. The summed E-state index contributed by atoms with van der Waals surface area (Å²) >= 11 is 0. The number of halogens is 2. The molecule has 0 aliphatic heterocycles. The Morgan fingerprint density at radius 1 is 0.457 bits per heavy atom. The van der Waals surface area contributed by atoms with Crippen LogP contribution in [0.15, 0.2) is 146 Å². The molecule has 0 amide bonds. The van der Waals surface area contributed by atoms with Gasteiger partial charge in [0, 0.05) is 6.42 Å². The average molecular weight is 599 g/mol. The van der Waals surface area contributed by atoms with E-state index in [0.717, 1.165) is 44.0 Å². The van der Waals surface area contributed by atoms with Crippen LogP contribution in [0.4, 0.5) is 8.78 Å². The largest absolute Gasteiger partial charge is 0.244 e. The molecule has 0 nitrogen and oxygen atoms in total. The Labute approximate surface area is 267 Å². The topological polar surface area (TPSA) is 0 Å². The van der Waals surface area contributed by atoms with Gasteiger partial charge in [-0.3, -0.25) is 0 Å². The average Bonchev–Trinajstić information content (AvgIpc) is 3.07. The third-order valence-electron chi connectivity index (χ3n) is 9.11. The fraction of sp³-hybridized carbons (Fsp3) is 0.0909. The molecule has 8 aromatic rings. The molecule has 0 aromatic heterocycles. The van der Waals surface area contributed by atoms with E-state index in [1.807, 2.05) is 24.3 Å². The van der Waals surface area contributed by atoms with E-state index in [4.69, 9.17) is 0 Å². The van der Waals surface area contributed by atoms with Gasteiger partial charge < -0.3 is 0 Å². The lowest BCUT2D eigenvalue weighted by atomic mass is 9.83. The van der Waals surface area contributed by atoms with E-state index in [-0.39, 0.29) is 5.82 Å². The molecule has 0 bridgehead atoms. The molecule has 8 rings (SSSR count). The first-order valence-corrected chi connectivity index (χ1v) is 15.8. The molecule has 0 atom stereocenters. The Kier molecular flexibility index (Phi) is 6.69. The first-order chi connectivity index (χ1) is 22.3. The number of rotatable bonds is 5. The maximum atomic E-state index is 14.5. The predicted molar refractivity (Wildman–Crippen MR) is 192 cm³/mol. The molecule has 0 radical (unpaired) electrons. The number of fused-ring (bicyclic) bond motifs is 5. The van der Waals surface area contributed by atoms with Crippen molar-refractivity contribution in [3.8, 4) is 33.4 Å². The second kappa shape index (κ2) is 10.9. The van der Waals surface area contributed by atoms with Crippen LogP contribution < -0.4 is 0 Å². The van der Waals surface area contributed by atoms with Crippen molar-refractivity contribution in [3.05, 3.63) is 157 Å². The third-order valence-corrected chi connectivity index (χ3v) is 9.11. The molecule has 222 valence electrons. The molecule has 0 aliphatic carbocycles. The SMILES string of the molecule is CC(C)(F)Cc1ccc(-c2c3ccccc3c(-c3cc4ccccc4c4ccccc34)c3ccc(-c4ccc(F)cc4)cc23)cc1. The van der Waals surface area contributed by atoms with Crippen LogP contribution in [0.1, 0.15) is 19.4 Å². The zero-order valence-corrected chi connectivity index (χ0v) is 25.8. The summed E-state index contributed by atoms with van der Waals surface area (Å²) in [6.07, 6.45) is 0.359. The van der Waals surface area contributed by atoms with Crippen LogP contribution in [-0.4, -0.2) is 5.67 Å². The number of benzene rings is 8. The molecule has 46 heavy (non-hydrogen) atoms. The molecule has 0 aliphatic rings. The quantitative estimate of drug-likeness (QED) is 0.137. The van der Waals surface area contributed by atoms with E-state index < -0.39 is 5.67 Å². The van der Waals surface area contributed by atoms with Gasteiger partial charge in [0.25, 0.3) is 0 Å². The fourth-order valence-electron chi connectivity index (χ4n) is 7.14. The van der Waals surface area contributed by atoms with Crippen LogP contribution in [0.25, 0.3) is 76.5 Å². The second-order valence-corrected chi connectivity index (χ2v) is 12.8. The Balaban J connectivity index is 1.49. The van der Waals surface area contributed by atoms with Crippen molar-refractivity contribution in [2.45, 2.75) is 25.9 Å². The first-order valence-electron chi connectivity index (χ1n) is 15.8. The molecule has 8 aromatic carbocycles. The Morgan fingerprint density at radius 2 is 1.00 bits per heavy atom. The minimum atomic E-state index is -1.28. The van der Waals surface area contributed by atoms with Crippen molar-refractivity contribution in [2.24, 2.45) is 0 Å². The van der Waals surface area contributed by atoms with E-state index in [0.29, 0.717) is 6.42 Å². The van der Waals surface area contributed by atoms with Gasteiger partial charge in [-0.15, -0.1) is 0 Å². The van der Waals surface area contributed by atoms with Gasteiger partial charge >= 0.3 is 0 Å². The summed E-state index contributed by atoms with van der Waals surface area (Å²) in [6.45, 7) is 3.24. The smallest absolute Gasteiger partial charge is 0.123 e. The van der Waals surface area contributed by atoms with Crippen LogP contribution in [0.5, 0.6) is 0 Å². The lowest BCUT2D eigenvalue weighted by Crippen LogP contribution is -2.15. The maximum Gasteiger partial charge on any atom is 0.123 e. The highest BCUT2D eigenvalue weighted by Crippen LogP contribution is 2.47. The highest BCUT2D eigenvalue weighted by Gasteiger charge is 2.21. The fourth-order valence-corrected chi connectivity index (χ4v) is 7.14. The summed E-state index contributed by atoms with van der Waals surface area (Å²) < 4.78 is 28.4. The van der Waals surface area contributed by atoms with Gasteiger partial charge in [-0.2, -0.15) is 0 Å². The van der Waals surface area contributed by atoms with Gasteiger partial charge in [-0.1, -0.05) is 121 Å². The Hall–Kier alpha value is -5.34.